The Morgan fingerprint density at radius 1 is 1.50 bits per heavy atom. The number of pyridine rings is 1. The highest BCUT2D eigenvalue weighted by atomic mass is 16.3. The van der Waals surface area contributed by atoms with E-state index >= 15 is 0 Å². The smallest absolute Gasteiger partial charge is 0.0992 e. The molecule has 0 radical (unpaired) electrons. The zero-order valence-corrected chi connectivity index (χ0v) is 6.81. The van der Waals surface area contributed by atoms with Gasteiger partial charge in [0.1, 0.15) is 0 Å². The van der Waals surface area contributed by atoms with E-state index in [1.54, 1.807) is 19.4 Å². The van der Waals surface area contributed by atoms with E-state index in [9.17, 15) is 5.11 Å². The van der Waals surface area contributed by atoms with Crippen molar-refractivity contribution in [2.45, 2.75) is 13.0 Å². The van der Waals surface area contributed by atoms with Crippen LogP contribution in [0.4, 0.5) is 0 Å². The van der Waals surface area contributed by atoms with Crippen LogP contribution >= 0.6 is 0 Å². The molecule has 1 unspecified atom stereocenters. The SMILES string of the molecule is CC(O)c1ccc2cncn2c1. The number of imidazole rings is 1. The molecule has 12 heavy (non-hydrogen) atoms. The summed E-state index contributed by atoms with van der Waals surface area (Å²) in [5.41, 5.74) is 1.94. The molecule has 1 N–H and O–H groups in total. The van der Waals surface area contributed by atoms with Crippen LogP contribution in [0.5, 0.6) is 0 Å². The lowest BCUT2D eigenvalue weighted by atomic mass is 10.2. The number of aliphatic hydroxyl groups excluding tert-OH is 1. The van der Waals surface area contributed by atoms with Gasteiger partial charge in [-0.05, 0) is 18.6 Å². The predicted octanol–water partition coefficient (Wildman–Crippen LogP) is 1.39. The second kappa shape index (κ2) is 2.60. The van der Waals surface area contributed by atoms with Crippen LogP contribution < -0.4 is 0 Å². The molecule has 0 aromatic carbocycles. The largest absolute Gasteiger partial charge is 0.389 e. The number of fused-ring (bicyclic) bond motifs is 1. The van der Waals surface area contributed by atoms with E-state index in [4.69, 9.17) is 0 Å². The number of hydrogen-bond donors (Lipinski definition) is 1. The molecule has 62 valence electrons. The fourth-order valence-electron chi connectivity index (χ4n) is 1.18. The molecule has 0 fully saturated rings. The van der Waals surface area contributed by atoms with Crippen LogP contribution in [-0.2, 0) is 0 Å². The third-order valence-electron chi connectivity index (χ3n) is 1.91. The van der Waals surface area contributed by atoms with Crippen molar-refractivity contribution in [3.05, 3.63) is 36.4 Å². The monoisotopic (exact) mass is 162 g/mol. The molecule has 3 nitrogen and oxygen atoms in total. The molecular formula is C9H10N2O. The summed E-state index contributed by atoms with van der Waals surface area (Å²) in [6, 6.07) is 3.84. The summed E-state index contributed by atoms with van der Waals surface area (Å²) in [6.45, 7) is 1.75. The summed E-state index contributed by atoms with van der Waals surface area (Å²) in [5.74, 6) is 0. The van der Waals surface area contributed by atoms with Gasteiger partial charge in [-0.1, -0.05) is 6.07 Å². The Kier molecular flexibility index (Phi) is 1.59. The number of aliphatic hydroxyl groups is 1. The number of rotatable bonds is 1. The highest BCUT2D eigenvalue weighted by Gasteiger charge is 2.00. The highest BCUT2D eigenvalue weighted by molar-refractivity contribution is 5.45. The van der Waals surface area contributed by atoms with E-state index in [1.807, 2.05) is 22.7 Å². The second-order valence-corrected chi connectivity index (χ2v) is 2.86. The summed E-state index contributed by atoms with van der Waals surface area (Å²) >= 11 is 0. The third kappa shape index (κ3) is 1.08. The summed E-state index contributed by atoms with van der Waals surface area (Å²) in [5, 5.41) is 9.29. The Balaban J connectivity index is 2.60. The van der Waals surface area contributed by atoms with Crippen LogP contribution in [0.3, 0.4) is 0 Å². The molecule has 2 rings (SSSR count). The van der Waals surface area contributed by atoms with E-state index in [0.717, 1.165) is 11.1 Å². The van der Waals surface area contributed by atoms with Gasteiger partial charge < -0.3 is 9.51 Å². The Morgan fingerprint density at radius 2 is 2.33 bits per heavy atom. The van der Waals surface area contributed by atoms with Crippen LogP contribution in [0.2, 0.25) is 0 Å². The summed E-state index contributed by atoms with van der Waals surface area (Å²) in [4.78, 5) is 3.98. The molecule has 1 atom stereocenters. The maximum atomic E-state index is 9.29. The molecule has 0 saturated carbocycles. The Bertz CT molecular complexity index is 392. The molecule has 0 aliphatic carbocycles. The Morgan fingerprint density at radius 3 is 3.08 bits per heavy atom. The van der Waals surface area contributed by atoms with Crippen molar-refractivity contribution in [1.29, 1.82) is 0 Å². The molecule has 2 aromatic rings. The van der Waals surface area contributed by atoms with Crippen LogP contribution in [0.1, 0.15) is 18.6 Å². The third-order valence-corrected chi connectivity index (χ3v) is 1.91. The first-order valence-corrected chi connectivity index (χ1v) is 3.87. The van der Waals surface area contributed by atoms with Gasteiger partial charge in [0.15, 0.2) is 0 Å². The molecular weight excluding hydrogens is 152 g/mol. The first-order valence-electron chi connectivity index (χ1n) is 3.87. The maximum Gasteiger partial charge on any atom is 0.0992 e. The average Bonchev–Trinajstić information content (AvgIpc) is 2.49. The van der Waals surface area contributed by atoms with Crippen molar-refractivity contribution >= 4 is 5.52 Å². The second-order valence-electron chi connectivity index (χ2n) is 2.86. The molecule has 0 amide bonds. The molecule has 2 heterocycles. The van der Waals surface area contributed by atoms with Crippen LogP contribution in [-0.4, -0.2) is 14.5 Å². The molecule has 0 bridgehead atoms. The van der Waals surface area contributed by atoms with Crippen molar-refractivity contribution in [1.82, 2.24) is 9.38 Å². The minimum absolute atomic E-state index is 0.420. The van der Waals surface area contributed by atoms with E-state index in [-0.39, 0.29) is 0 Å². The Hall–Kier alpha value is -1.35. The number of hydrogen-bond acceptors (Lipinski definition) is 2. The van der Waals surface area contributed by atoms with E-state index < -0.39 is 6.10 Å². The van der Waals surface area contributed by atoms with Gasteiger partial charge in [0.05, 0.1) is 24.1 Å². The van der Waals surface area contributed by atoms with Crippen molar-refractivity contribution < 1.29 is 5.11 Å². The minimum atomic E-state index is -0.420. The van der Waals surface area contributed by atoms with Crippen LogP contribution in [0, 0.1) is 0 Å². The molecule has 2 aromatic heterocycles. The van der Waals surface area contributed by atoms with Crippen molar-refractivity contribution in [2.75, 3.05) is 0 Å². The predicted molar refractivity (Wildman–Crippen MR) is 45.8 cm³/mol. The maximum absolute atomic E-state index is 9.29. The highest BCUT2D eigenvalue weighted by Crippen LogP contribution is 2.12. The lowest BCUT2D eigenvalue weighted by Gasteiger charge is -2.04. The molecule has 0 aliphatic rings. The number of nitrogens with zero attached hydrogens (tertiary/aromatic N) is 2. The van der Waals surface area contributed by atoms with Gasteiger partial charge in [0.2, 0.25) is 0 Å². The van der Waals surface area contributed by atoms with E-state index in [2.05, 4.69) is 4.98 Å². The van der Waals surface area contributed by atoms with Crippen molar-refractivity contribution in [3.63, 3.8) is 0 Å². The standard InChI is InChI=1S/C9H10N2O/c1-7(12)8-2-3-9-4-10-6-11(9)5-8/h2-7,12H,1H3. The first kappa shape index (κ1) is 7.31. The lowest BCUT2D eigenvalue weighted by Crippen LogP contribution is -1.93. The van der Waals surface area contributed by atoms with Crippen molar-refractivity contribution in [3.8, 4) is 0 Å². The van der Waals surface area contributed by atoms with Gasteiger partial charge in [-0.3, -0.25) is 0 Å². The molecule has 0 spiro atoms. The van der Waals surface area contributed by atoms with Crippen LogP contribution in [0.25, 0.3) is 5.52 Å². The summed E-state index contributed by atoms with van der Waals surface area (Å²) in [6.07, 6.45) is 4.97. The zero-order valence-electron chi connectivity index (χ0n) is 6.81. The van der Waals surface area contributed by atoms with Gasteiger partial charge in [-0.25, -0.2) is 4.98 Å². The van der Waals surface area contributed by atoms with Gasteiger partial charge in [0.25, 0.3) is 0 Å². The normalized spacial score (nSPS) is 13.5. The quantitative estimate of drug-likeness (QED) is 0.688. The van der Waals surface area contributed by atoms with E-state index in [0.29, 0.717) is 0 Å². The zero-order chi connectivity index (χ0) is 8.55. The van der Waals surface area contributed by atoms with Crippen LogP contribution in [0.15, 0.2) is 30.9 Å². The number of aromatic nitrogens is 2. The average molecular weight is 162 g/mol. The fraction of sp³-hybridized carbons (Fsp3) is 0.222. The fourth-order valence-corrected chi connectivity index (χ4v) is 1.18. The molecule has 3 heteroatoms. The topological polar surface area (TPSA) is 37.5 Å². The minimum Gasteiger partial charge on any atom is -0.389 e. The Labute approximate surface area is 70.3 Å². The molecule has 0 saturated heterocycles. The van der Waals surface area contributed by atoms with E-state index in [1.165, 1.54) is 0 Å². The van der Waals surface area contributed by atoms with Gasteiger partial charge in [-0.2, -0.15) is 0 Å². The van der Waals surface area contributed by atoms with Gasteiger partial charge in [0, 0.05) is 6.20 Å². The van der Waals surface area contributed by atoms with Gasteiger partial charge >= 0.3 is 0 Å². The lowest BCUT2D eigenvalue weighted by molar-refractivity contribution is 0.199. The molecule has 0 aliphatic heterocycles. The van der Waals surface area contributed by atoms with Gasteiger partial charge in [-0.15, -0.1) is 0 Å². The first-order chi connectivity index (χ1) is 5.77. The summed E-state index contributed by atoms with van der Waals surface area (Å²) < 4.78 is 1.89. The van der Waals surface area contributed by atoms with Crippen molar-refractivity contribution in [2.24, 2.45) is 0 Å². The summed E-state index contributed by atoms with van der Waals surface area (Å²) in [7, 11) is 0.